The largest absolute Gasteiger partial charge is 0.317 e. The third-order valence-electron chi connectivity index (χ3n) is 7.13. The molecule has 2 aromatic rings. The van der Waals surface area contributed by atoms with Gasteiger partial charge < -0.3 is 21.3 Å². The summed E-state index contributed by atoms with van der Waals surface area (Å²) in [7, 11) is 0. The predicted octanol–water partition coefficient (Wildman–Crippen LogP) is 6.70. The zero-order chi connectivity index (χ0) is 27.6. The molecular weight excluding hydrogens is 517 g/mol. The highest BCUT2D eigenvalue weighted by Crippen LogP contribution is 2.10. The Morgan fingerprint density at radius 1 is 0.333 bits per heavy atom. The first kappa shape index (κ1) is 34.2. The van der Waals surface area contributed by atoms with Crippen LogP contribution in [0.1, 0.15) is 81.8 Å². The van der Waals surface area contributed by atoms with Crippen molar-refractivity contribution in [3.63, 3.8) is 0 Å². The van der Waals surface area contributed by atoms with E-state index in [0.717, 1.165) is 55.4 Å². The van der Waals surface area contributed by atoms with Gasteiger partial charge in [-0.05, 0) is 146 Å². The zero-order valence-corrected chi connectivity index (χ0v) is 26.2. The number of hydrogen-bond acceptors (Lipinski definition) is 6. The molecule has 0 atom stereocenters. The lowest BCUT2D eigenvalue weighted by Gasteiger charge is -2.07. The van der Waals surface area contributed by atoms with Gasteiger partial charge in [-0.2, -0.15) is 0 Å². The zero-order valence-electron chi connectivity index (χ0n) is 24.4. The lowest BCUT2D eigenvalue weighted by Crippen LogP contribution is -2.23. The average Bonchev–Trinajstić information content (AvgIpc) is 2.95. The molecule has 0 radical (unpaired) electrons. The van der Waals surface area contributed by atoms with E-state index >= 15 is 0 Å². The predicted molar refractivity (Wildman–Crippen MR) is 177 cm³/mol. The van der Waals surface area contributed by atoms with Crippen molar-refractivity contribution in [1.82, 2.24) is 21.3 Å². The minimum Gasteiger partial charge on any atom is -0.317 e. The molecule has 4 nitrogen and oxygen atoms in total. The molecule has 39 heavy (non-hydrogen) atoms. The number of nitrogens with one attached hydrogen (secondary N) is 4. The van der Waals surface area contributed by atoms with E-state index in [-0.39, 0.29) is 0 Å². The topological polar surface area (TPSA) is 48.1 Å². The maximum atomic E-state index is 4.34. The normalized spacial score (nSPS) is 11.3. The third-order valence-corrected chi connectivity index (χ3v) is 7.73. The first-order valence-electron chi connectivity index (χ1n) is 15.6. The lowest BCUT2D eigenvalue weighted by molar-refractivity contribution is 0.532. The van der Waals surface area contributed by atoms with Crippen molar-refractivity contribution >= 4 is 25.3 Å². The Morgan fingerprint density at radius 2 is 0.615 bits per heavy atom. The minimum atomic E-state index is 1.04. The van der Waals surface area contributed by atoms with Crippen LogP contribution in [-0.2, 0) is 12.8 Å². The van der Waals surface area contributed by atoms with Crippen LogP contribution >= 0.6 is 25.3 Å². The molecule has 0 spiro atoms. The van der Waals surface area contributed by atoms with E-state index in [2.05, 4.69) is 95.1 Å². The molecule has 0 unspecified atom stereocenters. The van der Waals surface area contributed by atoms with E-state index in [1.165, 1.54) is 101 Å². The van der Waals surface area contributed by atoms with Crippen LogP contribution in [0.4, 0.5) is 0 Å². The van der Waals surface area contributed by atoms with Gasteiger partial charge in [-0.15, -0.1) is 25.3 Å². The lowest BCUT2D eigenvalue weighted by atomic mass is 10.1. The van der Waals surface area contributed by atoms with Gasteiger partial charge in [0.1, 0.15) is 0 Å². The number of benzene rings is 2. The summed E-state index contributed by atoms with van der Waals surface area (Å²) in [5.41, 5.74) is 2.81. The van der Waals surface area contributed by atoms with Crippen LogP contribution in [0.2, 0.25) is 0 Å². The average molecular weight is 573 g/mol. The summed E-state index contributed by atoms with van der Waals surface area (Å²) in [4.78, 5) is 2.08. The monoisotopic (exact) mass is 572 g/mol. The van der Waals surface area contributed by atoms with Gasteiger partial charge in [0, 0.05) is 9.79 Å². The first-order chi connectivity index (χ1) is 19.2. The summed E-state index contributed by atoms with van der Waals surface area (Å²) >= 11 is 8.68. The molecule has 0 bridgehead atoms. The van der Waals surface area contributed by atoms with Crippen molar-refractivity contribution < 1.29 is 0 Å². The molecule has 2 rings (SSSR count). The maximum absolute atomic E-state index is 4.34. The standard InChI is InChI=1S/C33H56N4S2/c38-32-18-14-30(15-19-32)12-9-26-35-25-8-4-7-24-34-22-5-2-1-3-6-23-36-28-11-29-37-27-10-13-31-16-20-33(39)21-17-31/h14-21,34-39H,1-13,22-29H2. The van der Waals surface area contributed by atoms with E-state index in [1.54, 1.807) is 0 Å². The molecule has 0 heterocycles. The van der Waals surface area contributed by atoms with Crippen molar-refractivity contribution in [2.75, 3.05) is 52.4 Å². The molecule has 2 aromatic carbocycles. The van der Waals surface area contributed by atoms with Gasteiger partial charge in [0.2, 0.25) is 0 Å². The summed E-state index contributed by atoms with van der Waals surface area (Å²) in [6.07, 6.45) is 16.5. The van der Waals surface area contributed by atoms with Gasteiger partial charge in [0.25, 0.3) is 0 Å². The molecule has 220 valence electrons. The fourth-order valence-electron chi connectivity index (χ4n) is 4.71. The Bertz CT molecular complexity index is 731. The summed E-state index contributed by atoms with van der Waals surface area (Å²) in [6, 6.07) is 17.0. The molecule has 0 amide bonds. The van der Waals surface area contributed by atoms with Crippen molar-refractivity contribution in [3.05, 3.63) is 59.7 Å². The van der Waals surface area contributed by atoms with Crippen LogP contribution in [-0.4, -0.2) is 52.4 Å². The number of unbranched alkanes of at least 4 members (excludes halogenated alkanes) is 6. The van der Waals surface area contributed by atoms with Crippen LogP contribution in [0, 0.1) is 0 Å². The van der Waals surface area contributed by atoms with Gasteiger partial charge in [-0.1, -0.05) is 49.9 Å². The number of thiol groups is 2. The smallest absolute Gasteiger partial charge is 0.00401 e. The fraction of sp³-hybridized carbons (Fsp3) is 0.636. The summed E-state index contributed by atoms with van der Waals surface area (Å²) in [5.74, 6) is 0. The van der Waals surface area contributed by atoms with Crippen LogP contribution in [0.5, 0.6) is 0 Å². The molecule has 0 aliphatic rings. The number of rotatable bonds is 26. The number of hydrogen-bond donors (Lipinski definition) is 6. The summed E-state index contributed by atoms with van der Waals surface area (Å²) in [5, 5.41) is 14.4. The molecule has 0 aliphatic carbocycles. The second-order valence-corrected chi connectivity index (χ2v) is 11.8. The molecule has 0 saturated heterocycles. The maximum Gasteiger partial charge on any atom is 0.00401 e. The molecular formula is C33H56N4S2. The van der Waals surface area contributed by atoms with Crippen LogP contribution in [0.3, 0.4) is 0 Å². The van der Waals surface area contributed by atoms with Gasteiger partial charge >= 0.3 is 0 Å². The van der Waals surface area contributed by atoms with E-state index in [9.17, 15) is 0 Å². The second-order valence-electron chi connectivity index (χ2n) is 10.7. The van der Waals surface area contributed by atoms with Crippen molar-refractivity contribution in [1.29, 1.82) is 0 Å². The van der Waals surface area contributed by atoms with Crippen LogP contribution < -0.4 is 21.3 Å². The van der Waals surface area contributed by atoms with Gasteiger partial charge in [0.15, 0.2) is 0 Å². The highest BCUT2D eigenvalue weighted by molar-refractivity contribution is 7.80. The van der Waals surface area contributed by atoms with E-state index in [1.807, 2.05) is 0 Å². The minimum absolute atomic E-state index is 1.04. The van der Waals surface area contributed by atoms with Gasteiger partial charge in [-0.3, -0.25) is 0 Å². The first-order valence-corrected chi connectivity index (χ1v) is 16.5. The van der Waals surface area contributed by atoms with Gasteiger partial charge in [-0.25, -0.2) is 0 Å². The summed E-state index contributed by atoms with van der Waals surface area (Å²) in [6.45, 7) is 9.12. The van der Waals surface area contributed by atoms with Crippen molar-refractivity contribution in [2.45, 2.75) is 93.3 Å². The molecule has 0 fully saturated rings. The Labute approximate surface area is 251 Å². The molecule has 0 aliphatic heterocycles. The fourth-order valence-corrected chi connectivity index (χ4v) is 5.00. The highest BCUT2D eigenvalue weighted by atomic mass is 32.1. The molecule has 6 heteroatoms. The summed E-state index contributed by atoms with van der Waals surface area (Å²) < 4.78 is 0. The molecule has 0 saturated carbocycles. The van der Waals surface area contributed by atoms with E-state index in [0.29, 0.717) is 0 Å². The van der Waals surface area contributed by atoms with Gasteiger partial charge in [0.05, 0.1) is 0 Å². The van der Waals surface area contributed by atoms with Crippen molar-refractivity contribution in [3.8, 4) is 0 Å². The molecule has 0 aromatic heterocycles. The second kappa shape index (κ2) is 24.8. The van der Waals surface area contributed by atoms with Crippen LogP contribution in [0.25, 0.3) is 0 Å². The van der Waals surface area contributed by atoms with Crippen molar-refractivity contribution in [2.24, 2.45) is 0 Å². The Morgan fingerprint density at radius 3 is 1.00 bits per heavy atom. The third kappa shape index (κ3) is 20.5. The Kier molecular flexibility index (Phi) is 21.7. The number of aryl methyl sites for hydroxylation is 2. The quantitative estimate of drug-likeness (QED) is 0.0561. The molecule has 4 N–H and O–H groups in total. The highest BCUT2D eigenvalue weighted by Gasteiger charge is 1.97. The van der Waals surface area contributed by atoms with E-state index < -0.39 is 0 Å². The Hall–Kier alpha value is -1.02. The SMILES string of the molecule is Sc1ccc(CCCNCCCCCNCCCCCCCNCCCNCCCc2ccc(S)cc2)cc1. The Balaban J connectivity index is 1.18. The van der Waals surface area contributed by atoms with E-state index in [4.69, 9.17) is 0 Å². The van der Waals surface area contributed by atoms with Crippen LogP contribution in [0.15, 0.2) is 58.3 Å².